The number of fused-ring (bicyclic) bond motifs is 1. The third-order valence-electron chi connectivity index (χ3n) is 5.25. The maximum Gasteiger partial charge on any atom is 0.251 e. The minimum Gasteiger partial charge on any atom is -0.382 e. The van der Waals surface area contributed by atoms with Crippen molar-refractivity contribution in [3.05, 3.63) is 105 Å². The normalized spacial score (nSPS) is 11.8. The molecule has 0 saturated carbocycles. The van der Waals surface area contributed by atoms with Crippen LogP contribution in [0, 0.1) is 6.92 Å². The molecule has 0 saturated heterocycles. The van der Waals surface area contributed by atoms with Crippen LogP contribution in [0.15, 0.2) is 77.6 Å². The lowest BCUT2D eigenvalue weighted by molar-refractivity contribution is 0.215. The molecule has 1 aromatic carbocycles. The molecule has 1 N–H and O–H groups in total. The molecule has 5 rings (SSSR count). The van der Waals surface area contributed by atoms with Crippen LogP contribution in [0.4, 0.5) is 0 Å². The molecule has 4 heterocycles. The number of imidazole rings is 1. The van der Waals surface area contributed by atoms with E-state index in [-0.39, 0.29) is 5.56 Å². The second-order valence-electron chi connectivity index (χ2n) is 7.75. The Balaban J connectivity index is 0.000000376. The molecule has 6 nitrogen and oxygen atoms in total. The first-order chi connectivity index (χ1) is 15.8. The summed E-state index contributed by atoms with van der Waals surface area (Å²) in [5, 5.41) is 14.3. The highest BCUT2D eigenvalue weighted by molar-refractivity contribution is 7.13. The van der Waals surface area contributed by atoms with Crippen LogP contribution in [0.25, 0.3) is 21.3 Å². The zero-order valence-corrected chi connectivity index (χ0v) is 20.0. The predicted molar refractivity (Wildman–Crippen MR) is 134 cm³/mol. The highest BCUT2D eigenvalue weighted by Crippen LogP contribution is 2.33. The summed E-state index contributed by atoms with van der Waals surface area (Å²) in [5.74, 6) is 0. The first-order valence-corrected chi connectivity index (χ1v) is 11.5. The van der Waals surface area contributed by atoms with E-state index in [4.69, 9.17) is 11.6 Å². The van der Waals surface area contributed by atoms with Crippen LogP contribution in [-0.2, 0) is 14.1 Å². The zero-order chi connectivity index (χ0) is 23.5. The van der Waals surface area contributed by atoms with Crippen molar-refractivity contribution in [3.63, 3.8) is 0 Å². The number of aliphatic hydroxyl groups is 1. The topological polar surface area (TPSA) is 72.9 Å². The summed E-state index contributed by atoms with van der Waals surface area (Å²) in [5.41, 5.74) is 3.90. The highest BCUT2D eigenvalue weighted by Gasteiger charge is 2.16. The number of hydrogen-bond acceptors (Lipinski definition) is 5. The lowest BCUT2D eigenvalue weighted by atomic mass is 10.0. The van der Waals surface area contributed by atoms with Crippen molar-refractivity contribution in [2.45, 2.75) is 13.0 Å². The van der Waals surface area contributed by atoms with Gasteiger partial charge in [-0.15, -0.1) is 11.3 Å². The van der Waals surface area contributed by atoms with Crippen LogP contribution in [0.1, 0.15) is 22.9 Å². The lowest BCUT2D eigenvalue weighted by Crippen LogP contribution is -2.17. The van der Waals surface area contributed by atoms with Gasteiger partial charge in [0.1, 0.15) is 6.10 Å². The molecule has 0 aliphatic carbocycles. The van der Waals surface area contributed by atoms with Crippen LogP contribution < -0.4 is 5.56 Å². The maximum absolute atomic E-state index is 12.4. The Hall–Kier alpha value is -3.26. The van der Waals surface area contributed by atoms with E-state index in [1.54, 1.807) is 72.0 Å². The van der Waals surface area contributed by atoms with Crippen molar-refractivity contribution >= 4 is 33.8 Å². The molecular formula is C25H23ClN4O2S. The number of thiophene rings is 1. The first kappa shape index (κ1) is 22.9. The number of nitrogens with zero attached hydrogens (tertiary/aromatic N) is 4. The molecule has 5 aromatic rings. The second-order valence-corrected chi connectivity index (χ2v) is 9.10. The van der Waals surface area contributed by atoms with Crippen LogP contribution in [0.3, 0.4) is 0 Å². The number of aryl methyl sites for hydroxylation is 3. The minimum absolute atomic E-state index is 0.0867. The minimum atomic E-state index is -0.873. The van der Waals surface area contributed by atoms with E-state index in [0.717, 1.165) is 26.9 Å². The Bertz CT molecular complexity index is 1440. The van der Waals surface area contributed by atoms with Gasteiger partial charge >= 0.3 is 0 Å². The van der Waals surface area contributed by atoms with Gasteiger partial charge in [0.15, 0.2) is 0 Å². The molecule has 0 aliphatic heterocycles. The number of halogens is 1. The molecule has 33 heavy (non-hydrogen) atoms. The van der Waals surface area contributed by atoms with Gasteiger partial charge in [-0.3, -0.25) is 9.78 Å². The van der Waals surface area contributed by atoms with Crippen LogP contribution in [-0.4, -0.2) is 24.2 Å². The van der Waals surface area contributed by atoms with E-state index in [1.165, 1.54) is 0 Å². The summed E-state index contributed by atoms with van der Waals surface area (Å²) in [7, 11) is 3.66. The third kappa shape index (κ3) is 5.06. The second kappa shape index (κ2) is 9.70. The summed E-state index contributed by atoms with van der Waals surface area (Å²) >= 11 is 7.53. The molecule has 0 amide bonds. The van der Waals surface area contributed by atoms with Crippen molar-refractivity contribution in [2.24, 2.45) is 14.1 Å². The fourth-order valence-electron chi connectivity index (χ4n) is 3.43. The summed E-state index contributed by atoms with van der Waals surface area (Å²) in [6.45, 7) is 2.03. The Morgan fingerprint density at radius 2 is 1.88 bits per heavy atom. The molecule has 0 fully saturated rings. The van der Waals surface area contributed by atoms with Gasteiger partial charge < -0.3 is 14.2 Å². The van der Waals surface area contributed by atoms with Gasteiger partial charge in [-0.05, 0) is 47.7 Å². The number of pyridine rings is 2. The Labute approximate surface area is 200 Å². The van der Waals surface area contributed by atoms with Crippen molar-refractivity contribution in [1.82, 2.24) is 19.1 Å². The lowest BCUT2D eigenvalue weighted by Gasteiger charge is -2.14. The predicted octanol–water partition coefficient (Wildman–Crippen LogP) is 5.13. The van der Waals surface area contributed by atoms with E-state index in [1.807, 2.05) is 30.8 Å². The summed E-state index contributed by atoms with van der Waals surface area (Å²) in [4.78, 5) is 21.6. The van der Waals surface area contributed by atoms with Crippen molar-refractivity contribution in [3.8, 4) is 10.4 Å². The third-order valence-corrected chi connectivity index (χ3v) is 6.59. The number of aliphatic hydroxyl groups excluding tert-OH is 1. The Morgan fingerprint density at radius 1 is 1.12 bits per heavy atom. The van der Waals surface area contributed by atoms with Gasteiger partial charge in [-0.2, -0.15) is 0 Å². The quantitative estimate of drug-likeness (QED) is 0.390. The summed E-state index contributed by atoms with van der Waals surface area (Å²) in [6.07, 6.45) is 6.16. The molecule has 4 aromatic heterocycles. The summed E-state index contributed by atoms with van der Waals surface area (Å²) < 4.78 is 3.46. The van der Waals surface area contributed by atoms with Gasteiger partial charge in [-0.25, -0.2) is 4.98 Å². The van der Waals surface area contributed by atoms with E-state index in [0.29, 0.717) is 16.3 Å². The smallest absolute Gasteiger partial charge is 0.251 e. The monoisotopic (exact) mass is 478 g/mol. The largest absolute Gasteiger partial charge is 0.382 e. The van der Waals surface area contributed by atoms with Crippen molar-refractivity contribution < 1.29 is 5.11 Å². The van der Waals surface area contributed by atoms with E-state index in [9.17, 15) is 9.90 Å². The zero-order valence-electron chi connectivity index (χ0n) is 18.4. The molecule has 0 aliphatic rings. The van der Waals surface area contributed by atoms with Crippen LogP contribution >= 0.6 is 22.9 Å². The molecule has 0 bridgehead atoms. The number of benzene rings is 1. The number of rotatable bonds is 3. The van der Waals surface area contributed by atoms with Crippen LogP contribution in [0.5, 0.6) is 0 Å². The van der Waals surface area contributed by atoms with Gasteiger partial charge in [0, 0.05) is 53.4 Å². The SMILES string of the molecule is Cc1csc(-c2cc(=O)n(C)c3cnc(C(O)c4ccc(Cl)cc4)cc23)c1.Cn1ccnc1. The van der Waals surface area contributed by atoms with Crippen molar-refractivity contribution in [2.75, 3.05) is 0 Å². The Morgan fingerprint density at radius 3 is 2.45 bits per heavy atom. The fourth-order valence-corrected chi connectivity index (χ4v) is 4.49. The average Bonchev–Trinajstić information content (AvgIpc) is 3.47. The standard InChI is InChI=1S/C21H17ClN2O2S.C4H6N2/c1-12-7-19(27-11-12)16-9-20(25)24(2)18-10-23-17(8-15(16)18)21(26)13-3-5-14(22)6-4-13;1-6-3-2-5-4-6/h3-11,21,26H,1-2H3;2-4H,1H3. The number of hydrogen-bond donors (Lipinski definition) is 1. The highest BCUT2D eigenvalue weighted by atomic mass is 35.5. The molecule has 8 heteroatoms. The van der Waals surface area contributed by atoms with Gasteiger partial charge in [0.25, 0.3) is 5.56 Å². The molecule has 0 radical (unpaired) electrons. The van der Waals surface area contributed by atoms with E-state index in [2.05, 4.69) is 21.4 Å². The molecular weight excluding hydrogens is 456 g/mol. The van der Waals surface area contributed by atoms with Gasteiger partial charge in [0.05, 0.1) is 23.7 Å². The van der Waals surface area contributed by atoms with E-state index >= 15 is 0 Å². The average molecular weight is 479 g/mol. The van der Waals surface area contributed by atoms with Crippen LogP contribution in [0.2, 0.25) is 5.02 Å². The number of aromatic nitrogens is 4. The molecule has 0 spiro atoms. The van der Waals surface area contributed by atoms with E-state index < -0.39 is 6.10 Å². The van der Waals surface area contributed by atoms with Gasteiger partial charge in [-0.1, -0.05) is 23.7 Å². The molecule has 1 atom stereocenters. The maximum atomic E-state index is 12.4. The molecule has 168 valence electrons. The Kier molecular flexibility index (Phi) is 6.74. The van der Waals surface area contributed by atoms with Gasteiger partial charge in [0.2, 0.25) is 0 Å². The first-order valence-electron chi connectivity index (χ1n) is 10.2. The molecule has 1 unspecified atom stereocenters. The summed E-state index contributed by atoms with van der Waals surface area (Å²) in [6, 6.07) is 12.6. The fraction of sp³-hybridized carbons (Fsp3) is 0.160. The van der Waals surface area contributed by atoms with Crippen molar-refractivity contribution in [1.29, 1.82) is 0 Å².